The first-order valence-electron chi connectivity index (χ1n) is 7.48. The van der Waals surface area contributed by atoms with Gasteiger partial charge in [-0.3, -0.25) is 4.98 Å². The minimum absolute atomic E-state index is 0.609. The summed E-state index contributed by atoms with van der Waals surface area (Å²) < 4.78 is 0. The van der Waals surface area contributed by atoms with Crippen molar-refractivity contribution in [1.82, 2.24) is 15.2 Å². The highest BCUT2D eigenvalue weighted by Gasteiger charge is 2.28. The van der Waals surface area contributed by atoms with Gasteiger partial charge in [0.15, 0.2) is 0 Å². The lowest BCUT2D eigenvalue weighted by atomic mass is 9.90. The zero-order valence-electron chi connectivity index (χ0n) is 12.7. The van der Waals surface area contributed by atoms with Crippen LogP contribution in [0.3, 0.4) is 0 Å². The number of pyridine rings is 1. The summed E-state index contributed by atoms with van der Waals surface area (Å²) in [5, 5.41) is 3.72. The van der Waals surface area contributed by atoms with Crippen molar-refractivity contribution in [3.63, 3.8) is 0 Å². The van der Waals surface area contributed by atoms with Gasteiger partial charge in [-0.25, -0.2) is 0 Å². The molecular formula is C16H27N3. The molecule has 19 heavy (non-hydrogen) atoms. The highest BCUT2D eigenvalue weighted by Crippen LogP contribution is 2.21. The molecule has 0 aromatic carbocycles. The Morgan fingerprint density at radius 2 is 2.21 bits per heavy atom. The largest absolute Gasteiger partial charge is 0.308 e. The second-order valence-corrected chi connectivity index (χ2v) is 5.95. The number of nitrogens with one attached hydrogen (secondary N) is 1. The van der Waals surface area contributed by atoms with Gasteiger partial charge in [-0.05, 0) is 44.4 Å². The topological polar surface area (TPSA) is 28.2 Å². The van der Waals surface area contributed by atoms with Crippen LogP contribution in [-0.4, -0.2) is 35.6 Å². The number of likely N-dealkylation sites (tertiary alicyclic amines) is 1. The molecule has 3 atom stereocenters. The molecule has 0 radical (unpaired) electrons. The normalized spacial score (nSPS) is 28.5. The number of rotatable bonds is 4. The lowest BCUT2D eigenvalue weighted by Crippen LogP contribution is -2.50. The predicted molar refractivity (Wildman–Crippen MR) is 80.1 cm³/mol. The number of piperidine rings is 1. The third kappa shape index (κ3) is 3.54. The summed E-state index contributed by atoms with van der Waals surface area (Å²) in [6.45, 7) is 8.94. The third-order valence-electron chi connectivity index (χ3n) is 4.51. The van der Waals surface area contributed by atoms with Crippen molar-refractivity contribution < 1.29 is 0 Å². The molecule has 1 aliphatic heterocycles. The molecule has 1 N–H and O–H groups in total. The molecule has 0 spiro atoms. The van der Waals surface area contributed by atoms with Crippen LogP contribution >= 0.6 is 0 Å². The second kappa shape index (κ2) is 6.49. The van der Waals surface area contributed by atoms with Crippen molar-refractivity contribution in [3.05, 3.63) is 29.6 Å². The molecule has 1 aromatic rings. The summed E-state index contributed by atoms with van der Waals surface area (Å²) in [5.74, 6) is 0.704. The van der Waals surface area contributed by atoms with E-state index in [4.69, 9.17) is 0 Å². The molecule has 0 aliphatic carbocycles. The average molecular weight is 261 g/mol. The third-order valence-corrected chi connectivity index (χ3v) is 4.51. The Balaban J connectivity index is 1.94. The molecule has 2 rings (SSSR count). The summed E-state index contributed by atoms with van der Waals surface area (Å²) in [7, 11) is 2.23. The molecule has 3 nitrogen and oxygen atoms in total. The predicted octanol–water partition coefficient (Wildman–Crippen LogP) is 2.46. The maximum atomic E-state index is 4.52. The molecule has 0 bridgehead atoms. The highest BCUT2D eigenvalue weighted by atomic mass is 15.2. The number of hydrogen-bond acceptors (Lipinski definition) is 3. The fraction of sp³-hybridized carbons (Fsp3) is 0.688. The first kappa shape index (κ1) is 14.5. The second-order valence-electron chi connectivity index (χ2n) is 5.95. The Kier molecular flexibility index (Phi) is 4.94. The molecule has 1 aliphatic rings. The molecule has 2 heterocycles. The minimum atomic E-state index is 0.609. The van der Waals surface area contributed by atoms with E-state index in [1.165, 1.54) is 24.2 Å². The van der Waals surface area contributed by atoms with E-state index in [-0.39, 0.29) is 0 Å². The minimum Gasteiger partial charge on any atom is -0.308 e. The maximum absolute atomic E-state index is 4.52. The van der Waals surface area contributed by atoms with E-state index >= 15 is 0 Å². The van der Waals surface area contributed by atoms with Crippen molar-refractivity contribution in [2.75, 3.05) is 13.6 Å². The Bertz CT molecular complexity index is 405. The maximum Gasteiger partial charge on any atom is 0.0573 e. The lowest BCUT2D eigenvalue weighted by molar-refractivity contribution is 0.121. The van der Waals surface area contributed by atoms with Crippen LogP contribution in [0.2, 0.25) is 0 Å². The van der Waals surface area contributed by atoms with Gasteiger partial charge in [-0.15, -0.1) is 0 Å². The number of aryl methyl sites for hydroxylation is 1. The molecule has 3 heteroatoms. The van der Waals surface area contributed by atoms with Gasteiger partial charge in [-0.2, -0.15) is 0 Å². The molecule has 0 amide bonds. The van der Waals surface area contributed by atoms with Gasteiger partial charge in [0.2, 0.25) is 0 Å². The summed E-state index contributed by atoms with van der Waals surface area (Å²) in [6, 6.07) is 5.49. The van der Waals surface area contributed by atoms with Crippen molar-refractivity contribution in [2.45, 2.75) is 52.2 Å². The highest BCUT2D eigenvalue weighted by molar-refractivity contribution is 5.19. The van der Waals surface area contributed by atoms with Crippen LogP contribution in [0.5, 0.6) is 0 Å². The van der Waals surface area contributed by atoms with Crippen LogP contribution in [-0.2, 0) is 13.0 Å². The first-order chi connectivity index (χ1) is 9.11. The van der Waals surface area contributed by atoms with E-state index in [1.54, 1.807) is 0 Å². The van der Waals surface area contributed by atoms with Gasteiger partial charge < -0.3 is 10.2 Å². The first-order valence-corrected chi connectivity index (χ1v) is 7.48. The Morgan fingerprint density at radius 3 is 2.95 bits per heavy atom. The fourth-order valence-electron chi connectivity index (χ4n) is 3.01. The average Bonchev–Trinajstić information content (AvgIpc) is 2.41. The van der Waals surface area contributed by atoms with Crippen LogP contribution in [0, 0.1) is 5.92 Å². The summed E-state index contributed by atoms with van der Waals surface area (Å²) in [6.07, 6.45) is 4.19. The van der Waals surface area contributed by atoms with Crippen molar-refractivity contribution in [1.29, 1.82) is 0 Å². The van der Waals surface area contributed by atoms with Crippen LogP contribution in [0.25, 0.3) is 0 Å². The number of hydrogen-bond donors (Lipinski definition) is 1. The van der Waals surface area contributed by atoms with Gasteiger partial charge in [0.25, 0.3) is 0 Å². The van der Waals surface area contributed by atoms with Gasteiger partial charge in [-0.1, -0.05) is 19.9 Å². The van der Waals surface area contributed by atoms with E-state index in [2.05, 4.69) is 49.1 Å². The van der Waals surface area contributed by atoms with Gasteiger partial charge in [0, 0.05) is 31.4 Å². The SMILES string of the molecule is CCc1cccnc1CNC1CC(C)N(C)CC1C. The van der Waals surface area contributed by atoms with E-state index in [0.717, 1.165) is 13.0 Å². The van der Waals surface area contributed by atoms with E-state index in [0.29, 0.717) is 18.0 Å². The summed E-state index contributed by atoms with van der Waals surface area (Å²) in [5.41, 5.74) is 2.58. The molecule has 0 saturated carbocycles. The number of nitrogens with zero attached hydrogens (tertiary/aromatic N) is 2. The van der Waals surface area contributed by atoms with Crippen LogP contribution in [0.15, 0.2) is 18.3 Å². The molecule has 1 aromatic heterocycles. The van der Waals surface area contributed by atoms with Crippen molar-refractivity contribution in [2.24, 2.45) is 5.92 Å². The molecule has 3 unspecified atom stereocenters. The molecule has 1 saturated heterocycles. The standard InChI is InChI=1S/C16H27N3/c1-5-14-7-6-8-17-16(14)10-18-15-9-13(3)19(4)11-12(15)2/h6-8,12-13,15,18H,5,9-11H2,1-4H3. The monoisotopic (exact) mass is 261 g/mol. The molecular weight excluding hydrogens is 234 g/mol. The van der Waals surface area contributed by atoms with Crippen molar-refractivity contribution in [3.8, 4) is 0 Å². The Morgan fingerprint density at radius 1 is 1.42 bits per heavy atom. The summed E-state index contributed by atoms with van der Waals surface area (Å²) in [4.78, 5) is 6.98. The van der Waals surface area contributed by atoms with Gasteiger partial charge in [0.1, 0.15) is 0 Å². The Labute approximate surface area is 117 Å². The van der Waals surface area contributed by atoms with Crippen LogP contribution < -0.4 is 5.32 Å². The van der Waals surface area contributed by atoms with Crippen LogP contribution in [0.4, 0.5) is 0 Å². The van der Waals surface area contributed by atoms with E-state index in [1.807, 2.05) is 12.3 Å². The van der Waals surface area contributed by atoms with Crippen LogP contribution in [0.1, 0.15) is 38.4 Å². The smallest absolute Gasteiger partial charge is 0.0573 e. The Hall–Kier alpha value is -0.930. The molecule has 106 valence electrons. The lowest BCUT2D eigenvalue weighted by Gasteiger charge is -2.40. The van der Waals surface area contributed by atoms with E-state index < -0.39 is 0 Å². The number of aromatic nitrogens is 1. The van der Waals surface area contributed by atoms with Crippen molar-refractivity contribution >= 4 is 0 Å². The quantitative estimate of drug-likeness (QED) is 0.902. The summed E-state index contributed by atoms with van der Waals surface area (Å²) >= 11 is 0. The molecule has 1 fully saturated rings. The van der Waals surface area contributed by atoms with Gasteiger partial charge in [0.05, 0.1) is 5.69 Å². The van der Waals surface area contributed by atoms with E-state index in [9.17, 15) is 0 Å². The zero-order chi connectivity index (χ0) is 13.8. The van der Waals surface area contributed by atoms with Gasteiger partial charge >= 0.3 is 0 Å². The fourth-order valence-corrected chi connectivity index (χ4v) is 3.01. The zero-order valence-corrected chi connectivity index (χ0v) is 12.7.